The first-order valence-corrected chi connectivity index (χ1v) is 5.13. The lowest BCUT2D eigenvalue weighted by molar-refractivity contribution is -0.118. The highest BCUT2D eigenvalue weighted by Gasteiger charge is 2.24. The summed E-state index contributed by atoms with van der Waals surface area (Å²) in [4.78, 5) is 10.7. The second-order valence-electron chi connectivity index (χ2n) is 4.37. The molecule has 1 aliphatic carbocycles. The molecular weight excluding hydrogens is 164 g/mol. The van der Waals surface area contributed by atoms with Gasteiger partial charge in [-0.2, -0.15) is 0 Å². The van der Waals surface area contributed by atoms with Gasteiger partial charge in [0.05, 0.1) is 0 Å². The maximum absolute atomic E-state index is 10.7. The summed E-state index contributed by atoms with van der Waals surface area (Å²) in [5, 5.41) is 0. The first-order chi connectivity index (χ1) is 6.09. The van der Waals surface area contributed by atoms with E-state index in [0.29, 0.717) is 12.3 Å². The number of rotatable bonds is 3. The zero-order chi connectivity index (χ0) is 9.84. The first kappa shape index (κ1) is 10.5. The van der Waals surface area contributed by atoms with E-state index in [2.05, 4.69) is 6.92 Å². The number of hydrogen-bond donors (Lipinski definition) is 2. The summed E-state index contributed by atoms with van der Waals surface area (Å²) >= 11 is 0. The van der Waals surface area contributed by atoms with Crippen molar-refractivity contribution in [3.63, 3.8) is 0 Å². The molecule has 13 heavy (non-hydrogen) atoms. The molecular formula is C10H20N2O. The molecule has 1 rings (SSSR count). The molecule has 1 amide bonds. The maximum atomic E-state index is 10.7. The Bertz CT molecular complexity index is 182. The van der Waals surface area contributed by atoms with Gasteiger partial charge in [0.1, 0.15) is 0 Å². The van der Waals surface area contributed by atoms with Crippen LogP contribution in [0.5, 0.6) is 0 Å². The fourth-order valence-electron chi connectivity index (χ4n) is 2.27. The van der Waals surface area contributed by atoms with E-state index in [1.54, 1.807) is 0 Å². The third kappa shape index (κ3) is 3.35. The number of primary amides is 1. The first-order valence-electron chi connectivity index (χ1n) is 5.13. The third-order valence-corrected chi connectivity index (χ3v) is 3.02. The van der Waals surface area contributed by atoms with E-state index in [1.165, 1.54) is 19.3 Å². The molecule has 0 heterocycles. The minimum Gasteiger partial charge on any atom is -0.370 e. The molecule has 0 spiro atoms. The molecule has 76 valence electrons. The van der Waals surface area contributed by atoms with Crippen LogP contribution < -0.4 is 11.5 Å². The number of amides is 1. The standard InChI is InChI=1S/C10H20N2O/c1-7-3-2-4-8(5-7)9(11)6-10(12)13/h7-9H,2-6,11H2,1H3,(H2,12,13)/t7?,8?,9-/m1/s1. The Kier molecular flexibility index (Phi) is 3.72. The van der Waals surface area contributed by atoms with Gasteiger partial charge in [0.2, 0.25) is 5.91 Å². The van der Waals surface area contributed by atoms with Crippen molar-refractivity contribution >= 4 is 5.91 Å². The van der Waals surface area contributed by atoms with Gasteiger partial charge in [0.25, 0.3) is 0 Å². The van der Waals surface area contributed by atoms with Crippen molar-refractivity contribution in [2.24, 2.45) is 23.3 Å². The molecule has 1 saturated carbocycles. The normalized spacial score (nSPS) is 31.2. The lowest BCUT2D eigenvalue weighted by Crippen LogP contribution is -2.36. The Labute approximate surface area is 79.9 Å². The molecule has 0 saturated heterocycles. The Morgan fingerprint density at radius 1 is 1.54 bits per heavy atom. The van der Waals surface area contributed by atoms with Crippen LogP contribution in [-0.2, 0) is 4.79 Å². The number of hydrogen-bond acceptors (Lipinski definition) is 2. The average Bonchev–Trinajstić information content (AvgIpc) is 2.03. The summed E-state index contributed by atoms with van der Waals surface area (Å²) in [5.41, 5.74) is 11.0. The molecule has 0 aliphatic heterocycles. The number of nitrogens with two attached hydrogens (primary N) is 2. The second-order valence-corrected chi connectivity index (χ2v) is 4.37. The van der Waals surface area contributed by atoms with Crippen molar-refractivity contribution < 1.29 is 4.79 Å². The van der Waals surface area contributed by atoms with Gasteiger partial charge in [-0.15, -0.1) is 0 Å². The molecule has 2 unspecified atom stereocenters. The van der Waals surface area contributed by atoms with E-state index >= 15 is 0 Å². The SMILES string of the molecule is CC1CCCC([C@H](N)CC(N)=O)C1. The zero-order valence-corrected chi connectivity index (χ0v) is 8.33. The molecule has 1 aliphatic rings. The molecule has 3 nitrogen and oxygen atoms in total. The summed E-state index contributed by atoms with van der Waals surface area (Å²) in [6, 6.07) is -0.0137. The minimum absolute atomic E-state index is 0.0137. The largest absolute Gasteiger partial charge is 0.370 e. The van der Waals surface area contributed by atoms with Crippen LogP contribution in [0, 0.1) is 11.8 Å². The summed E-state index contributed by atoms with van der Waals surface area (Å²) in [6.45, 7) is 2.25. The van der Waals surface area contributed by atoms with Crippen LogP contribution in [0.1, 0.15) is 39.0 Å². The predicted octanol–water partition coefficient (Wildman–Crippen LogP) is 1.02. The Balaban J connectivity index is 2.36. The summed E-state index contributed by atoms with van der Waals surface area (Å²) in [6.07, 6.45) is 5.22. The summed E-state index contributed by atoms with van der Waals surface area (Å²) in [5.74, 6) is 1.000. The van der Waals surface area contributed by atoms with Crippen molar-refractivity contribution in [3.8, 4) is 0 Å². The molecule has 0 aromatic rings. The van der Waals surface area contributed by atoms with Crippen LogP contribution >= 0.6 is 0 Å². The lowest BCUT2D eigenvalue weighted by Gasteiger charge is -2.30. The number of carbonyl (C=O) groups is 1. The summed E-state index contributed by atoms with van der Waals surface area (Å²) < 4.78 is 0. The highest BCUT2D eigenvalue weighted by Crippen LogP contribution is 2.30. The fraction of sp³-hybridized carbons (Fsp3) is 0.900. The van der Waals surface area contributed by atoms with Crippen LogP contribution in [0.3, 0.4) is 0 Å². The Morgan fingerprint density at radius 3 is 2.77 bits per heavy atom. The molecule has 1 fully saturated rings. The smallest absolute Gasteiger partial charge is 0.218 e. The van der Waals surface area contributed by atoms with Crippen molar-refractivity contribution in [1.29, 1.82) is 0 Å². The van der Waals surface area contributed by atoms with Gasteiger partial charge < -0.3 is 11.5 Å². The van der Waals surface area contributed by atoms with E-state index < -0.39 is 0 Å². The quantitative estimate of drug-likeness (QED) is 0.687. The van der Waals surface area contributed by atoms with E-state index in [0.717, 1.165) is 12.3 Å². The van der Waals surface area contributed by atoms with Gasteiger partial charge in [-0.25, -0.2) is 0 Å². The van der Waals surface area contributed by atoms with Gasteiger partial charge >= 0.3 is 0 Å². The Morgan fingerprint density at radius 2 is 2.23 bits per heavy atom. The molecule has 0 aromatic heterocycles. The van der Waals surface area contributed by atoms with Gasteiger partial charge in [0.15, 0.2) is 0 Å². The van der Waals surface area contributed by atoms with Gasteiger partial charge in [-0.05, 0) is 24.7 Å². The Hall–Kier alpha value is -0.570. The zero-order valence-electron chi connectivity index (χ0n) is 8.33. The molecule has 4 N–H and O–H groups in total. The third-order valence-electron chi connectivity index (χ3n) is 3.02. The van der Waals surface area contributed by atoms with Gasteiger partial charge in [-0.1, -0.05) is 19.8 Å². The predicted molar refractivity (Wildman–Crippen MR) is 52.9 cm³/mol. The van der Waals surface area contributed by atoms with Gasteiger partial charge in [0, 0.05) is 12.5 Å². The molecule has 3 heteroatoms. The van der Waals surface area contributed by atoms with E-state index in [-0.39, 0.29) is 11.9 Å². The molecule has 0 bridgehead atoms. The van der Waals surface area contributed by atoms with Crippen molar-refractivity contribution in [1.82, 2.24) is 0 Å². The highest BCUT2D eigenvalue weighted by molar-refractivity contribution is 5.74. The molecule has 0 radical (unpaired) electrons. The van der Waals surface area contributed by atoms with Crippen molar-refractivity contribution in [3.05, 3.63) is 0 Å². The average molecular weight is 184 g/mol. The maximum Gasteiger partial charge on any atom is 0.218 e. The molecule has 0 aromatic carbocycles. The van der Waals surface area contributed by atoms with Crippen LogP contribution in [0.15, 0.2) is 0 Å². The van der Waals surface area contributed by atoms with Gasteiger partial charge in [-0.3, -0.25) is 4.79 Å². The highest BCUT2D eigenvalue weighted by atomic mass is 16.1. The fourth-order valence-corrected chi connectivity index (χ4v) is 2.27. The van der Waals surface area contributed by atoms with Crippen LogP contribution in [0.2, 0.25) is 0 Å². The van der Waals surface area contributed by atoms with Crippen LogP contribution in [-0.4, -0.2) is 11.9 Å². The number of carbonyl (C=O) groups excluding carboxylic acids is 1. The minimum atomic E-state index is -0.272. The lowest BCUT2D eigenvalue weighted by atomic mass is 9.78. The summed E-state index contributed by atoms with van der Waals surface area (Å²) in [7, 11) is 0. The van der Waals surface area contributed by atoms with Crippen molar-refractivity contribution in [2.75, 3.05) is 0 Å². The van der Waals surface area contributed by atoms with E-state index in [1.807, 2.05) is 0 Å². The van der Waals surface area contributed by atoms with E-state index in [4.69, 9.17) is 11.5 Å². The van der Waals surface area contributed by atoms with Crippen LogP contribution in [0.4, 0.5) is 0 Å². The van der Waals surface area contributed by atoms with Crippen LogP contribution in [0.25, 0.3) is 0 Å². The monoisotopic (exact) mass is 184 g/mol. The van der Waals surface area contributed by atoms with E-state index in [9.17, 15) is 4.79 Å². The molecule has 3 atom stereocenters. The van der Waals surface area contributed by atoms with Crippen molar-refractivity contribution in [2.45, 2.75) is 45.1 Å². The second kappa shape index (κ2) is 4.61. The topological polar surface area (TPSA) is 69.1 Å².